The van der Waals surface area contributed by atoms with E-state index >= 15 is 0 Å². The van der Waals surface area contributed by atoms with Crippen LogP contribution in [0.25, 0.3) is 0 Å². The van der Waals surface area contributed by atoms with Crippen molar-refractivity contribution in [2.75, 3.05) is 6.54 Å². The van der Waals surface area contributed by atoms with Crippen molar-refractivity contribution in [3.63, 3.8) is 0 Å². The third-order valence-corrected chi connectivity index (χ3v) is 3.11. The van der Waals surface area contributed by atoms with E-state index in [0.29, 0.717) is 6.54 Å². The van der Waals surface area contributed by atoms with Crippen molar-refractivity contribution in [3.05, 3.63) is 23.8 Å². The van der Waals surface area contributed by atoms with Crippen molar-refractivity contribution in [1.29, 1.82) is 0 Å². The van der Waals surface area contributed by atoms with E-state index in [4.69, 9.17) is 0 Å². The first-order valence-electron chi connectivity index (χ1n) is 6.85. The van der Waals surface area contributed by atoms with Crippen LogP contribution in [0, 0.1) is 0 Å². The minimum atomic E-state index is -4.51. The van der Waals surface area contributed by atoms with Crippen LogP contribution in [-0.2, 0) is 12.7 Å². The quantitative estimate of drug-likeness (QED) is 0.909. The molecule has 1 saturated carbocycles. The summed E-state index contributed by atoms with van der Waals surface area (Å²) < 4.78 is 37.6. The molecule has 1 aromatic heterocycles. The predicted molar refractivity (Wildman–Crippen MR) is 69.3 cm³/mol. The number of carbonyl (C=O) groups is 1. The van der Waals surface area contributed by atoms with Crippen molar-refractivity contribution in [3.8, 4) is 0 Å². The summed E-state index contributed by atoms with van der Waals surface area (Å²) in [6, 6.07) is 0.784. The number of nitrogens with zero attached hydrogens (tertiary/aromatic N) is 3. The van der Waals surface area contributed by atoms with Gasteiger partial charge in [-0.15, -0.1) is 0 Å². The van der Waals surface area contributed by atoms with Gasteiger partial charge in [-0.05, 0) is 25.3 Å². The Morgan fingerprint density at radius 1 is 1.48 bits per heavy atom. The smallest absolute Gasteiger partial charge is 0.331 e. The van der Waals surface area contributed by atoms with E-state index in [2.05, 4.69) is 15.3 Å². The van der Waals surface area contributed by atoms with E-state index < -0.39 is 11.9 Å². The van der Waals surface area contributed by atoms with Crippen molar-refractivity contribution >= 4 is 6.03 Å². The van der Waals surface area contributed by atoms with Gasteiger partial charge in [0.25, 0.3) is 0 Å². The number of aromatic nitrogens is 2. The van der Waals surface area contributed by atoms with Crippen LogP contribution in [0.5, 0.6) is 0 Å². The summed E-state index contributed by atoms with van der Waals surface area (Å²) >= 11 is 0. The summed E-state index contributed by atoms with van der Waals surface area (Å²) in [4.78, 5) is 20.9. The second kappa shape index (κ2) is 6.28. The molecule has 0 spiro atoms. The molecule has 21 heavy (non-hydrogen) atoms. The van der Waals surface area contributed by atoms with Gasteiger partial charge in [0.1, 0.15) is 11.5 Å². The van der Waals surface area contributed by atoms with Gasteiger partial charge in [0.15, 0.2) is 0 Å². The molecule has 1 aromatic rings. The van der Waals surface area contributed by atoms with E-state index in [1.807, 2.05) is 6.92 Å². The maximum absolute atomic E-state index is 12.5. The van der Waals surface area contributed by atoms with Crippen LogP contribution in [0.3, 0.4) is 0 Å². The summed E-state index contributed by atoms with van der Waals surface area (Å²) in [5, 5.41) is 2.58. The number of hydrogen-bond acceptors (Lipinski definition) is 3. The first-order valence-corrected chi connectivity index (χ1v) is 6.85. The molecule has 0 aromatic carbocycles. The number of hydrogen-bond donors (Lipinski definition) is 1. The first kappa shape index (κ1) is 15.5. The highest BCUT2D eigenvalue weighted by Crippen LogP contribution is 2.27. The fourth-order valence-corrected chi connectivity index (χ4v) is 1.98. The molecule has 1 heterocycles. The molecular weight excluding hydrogens is 285 g/mol. The summed E-state index contributed by atoms with van der Waals surface area (Å²) in [6.07, 6.45) is -0.670. The number of halogens is 3. The van der Waals surface area contributed by atoms with Gasteiger partial charge in [0, 0.05) is 18.8 Å². The van der Waals surface area contributed by atoms with Gasteiger partial charge in [-0.2, -0.15) is 13.2 Å². The summed E-state index contributed by atoms with van der Waals surface area (Å²) in [5.74, 6) is -0.0505. The van der Waals surface area contributed by atoms with Crippen molar-refractivity contribution in [2.24, 2.45) is 0 Å². The molecule has 1 aliphatic rings. The van der Waals surface area contributed by atoms with Gasteiger partial charge in [0.2, 0.25) is 0 Å². The molecule has 0 atom stereocenters. The molecule has 5 nitrogen and oxygen atoms in total. The van der Waals surface area contributed by atoms with Crippen LogP contribution in [0.15, 0.2) is 12.3 Å². The maximum atomic E-state index is 12.5. The maximum Gasteiger partial charge on any atom is 0.433 e. The normalized spacial score (nSPS) is 14.9. The summed E-state index contributed by atoms with van der Waals surface area (Å²) in [6.45, 7) is 2.49. The van der Waals surface area contributed by atoms with Gasteiger partial charge < -0.3 is 10.2 Å². The fraction of sp³-hybridized carbons (Fsp3) is 0.615. The van der Waals surface area contributed by atoms with Crippen LogP contribution < -0.4 is 5.32 Å². The van der Waals surface area contributed by atoms with Crippen LogP contribution in [0.4, 0.5) is 18.0 Å². The molecule has 1 aliphatic carbocycles. The summed E-state index contributed by atoms with van der Waals surface area (Å²) in [5.41, 5.74) is -1.01. The van der Waals surface area contributed by atoms with E-state index in [-0.39, 0.29) is 24.4 Å². The zero-order valence-corrected chi connectivity index (χ0v) is 11.7. The van der Waals surface area contributed by atoms with Crippen LogP contribution in [0.1, 0.15) is 37.7 Å². The highest BCUT2D eigenvalue weighted by Gasteiger charge is 2.33. The van der Waals surface area contributed by atoms with Crippen LogP contribution in [0.2, 0.25) is 0 Å². The Morgan fingerprint density at radius 2 is 2.19 bits per heavy atom. The third-order valence-electron chi connectivity index (χ3n) is 3.11. The standard InChI is InChI=1S/C13H17F3N4O/c1-2-7-20(9-3-4-9)12(21)18-8-11-17-6-5-10(19-11)13(14,15)16/h5-6,9H,2-4,7-8H2,1H3,(H,18,21). The molecule has 0 bridgehead atoms. The molecule has 1 fully saturated rings. The molecular formula is C13H17F3N4O. The number of nitrogens with one attached hydrogen (secondary N) is 1. The van der Waals surface area contributed by atoms with E-state index in [9.17, 15) is 18.0 Å². The van der Waals surface area contributed by atoms with Gasteiger partial charge in [-0.25, -0.2) is 14.8 Å². The highest BCUT2D eigenvalue weighted by molar-refractivity contribution is 5.74. The van der Waals surface area contributed by atoms with E-state index in [1.165, 1.54) is 0 Å². The molecule has 0 unspecified atom stereocenters. The number of amides is 2. The predicted octanol–water partition coefficient (Wildman–Crippen LogP) is 2.58. The monoisotopic (exact) mass is 302 g/mol. The Morgan fingerprint density at radius 3 is 2.76 bits per heavy atom. The van der Waals surface area contributed by atoms with Crippen molar-refractivity contribution in [2.45, 2.75) is 44.9 Å². The lowest BCUT2D eigenvalue weighted by molar-refractivity contribution is -0.141. The average molecular weight is 302 g/mol. The van der Waals surface area contributed by atoms with Gasteiger partial charge in [-0.3, -0.25) is 0 Å². The fourth-order valence-electron chi connectivity index (χ4n) is 1.98. The molecule has 0 aliphatic heterocycles. The number of carbonyl (C=O) groups excluding carboxylic acids is 1. The molecule has 8 heteroatoms. The van der Waals surface area contributed by atoms with Crippen molar-refractivity contribution < 1.29 is 18.0 Å². The third kappa shape index (κ3) is 4.30. The number of alkyl halides is 3. The lowest BCUT2D eigenvalue weighted by Gasteiger charge is -2.21. The second-order valence-electron chi connectivity index (χ2n) is 4.94. The summed E-state index contributed by atoms with van der Waals surface area (Å²) in [7, 11) is 0. The Hall–Kier alpha value is -1.86. The zero-order chi connectivity index (χ0) is 15.5. The molecule has 0 saturated heterocycles. The van der Waals surface area contributed by atoms with Gasteiger partial charge >= 0.3 is 12.2 Å². The largest absolute Gasteiger partial charge is 0.433 e. The Kier molecular flexibility index (Phi) is 4.64. The lowest BCUT2D eigenvalue weighted by atomic mass is 10.4. The molecule has 0 radical (unpaired) electrons. The first-order chi connectivity index (χ1) is 9.91. The zero-order valence-electron chi connectivity index (χ0n) is 11.7. The number of urea groups is 1. The Bertz CT molecular complexity index is 502. The van der Waals surface area contributed by atoms with E-state index in [1.54, 1.807) is 4.90 Å². The van der Waals surface area contributed by atoms with Crippen LogP contribution in [-0.4, -0.2) is 33.5 Å². The van der Waals surface area contributed by atoms with E-state index in [0.717, 1.165) is 31.5 Å². The minimum absolute atomic E-state index is 0.0505. The number of rotatable bonds is 5. The Labute approximate surface area is 120 Å². The lowest BCUT2D eigenvalue weighted by Crippen LogP contribution is -2.41. The Balaban J connectivity index is 1.94. The SMILES string of the molecule is CCCN(C(=O)NCc1nccc(C(F)(F)F)n1)C1CC1. The minimum Gasteiger partial charge on any atom is -0.331 e. The highest BCUT2D eigenvalue weighted by atomic mass is 19.4. The van der Waals surface area contributed by atoms with Crippen LogP contribution >= 0.6 is 0 Å². The van der Waals surface area contributed by atoms with Gasteiger partial charge in [-0.1, -0.05) is 6.92 Å². The molecule has 2 rings (SSSR count). The molecule has 2 amide bonds. The van der Waals surface area contributed by atoms with Gasteiger partial charge in [0.05, 0.1) is 6.54 Å². The topological polar surface area (TPSA) is 58.1 Å². The molecule has 116 valence electrons. The average Bonchev–Trinajstić information content (AvgIpc) is 3.26. The molecule has 1 N–H and O–H groups in total. The van der Waals surface area contributed by atoms with Crippen molar-refractivity contribution in [1.82, 2.24) is 20.2 Å². The second-order valence-corrected chi connectivity index (χ2v) is 4.94.